The number of nitrogens with one attached hydrogen (secondary N) is 3. The zero-order valence-corrected chi connectivity index (χ0v) is 15.7. The highest BCUT2D eigenvalue weighted by Crippen LogP contribution is 2.12. The second-order valence-electron chi connectivity index (χ2n) is 6.55. The van der Waals surface area contributed by atoms with Crippen molar-refractivity contribution in [2.45, 2.75) is 32.8 Å². The van der Waals surface area contributed by atoms with Crippen molar-refractivity contribution >= 4 is 17.9 Å². The molecule has 3 amide bonds. The number of hydrogen-bond donors (Lipinski definition) is 3. The molecule has 8 nitrogen and oxygen atoms in total. The number of alkyl carbamates (subject to hydrolysis) is 1. The maximum absolute atomic E-state index is 12.0. The maximum Gasteiger partial charge on any atom is 0.408 e. The molecule has 1 aromatic carbocycles. The molecule has 0 bridgehead atoms. The average molecular weight is 365 g/mol. The number of rotatable bonds is 8. The molecule has 0 heterocycles. The molecule has 0 unspecified atom stereocenters. The van der Waals surface area contributed by atoms with Crippen LogP contribution in [0.25, 0.3) is 0 Å². The van der Waals surface area contributed by atoms with Crippen LogP contribution in [-0.4, -0.2) is 50.3 Å². The topological polar surface area (TPSA) is 106 Å². The van der Waals surface area contributed by atoms with Gasteiger partial charge in [-0.3, -0.25) is 9.59 Å². The highest BCUT2D eigenvalue weighted by molar-refractivity contribution is 5.94. The summed E-state index contributed by atoms with van der Waals surface area (Å²) in [4.78, 5) is 35.0. The van der Waals surface area contributed by atoms with Crippen molar-refractivity contribution in [2.75, 3.05) is 26.7 Å². The smallest absolute Gasteiger partial charge is 0.408 e. The molecule has 0 radical (unpaired) electrons. The minimum absolute atomic E-state index is 0.162. The van der Waals surface area contributed by atoms with E-state index in [4.69, 9.17) is 9.47 Å². The van der Waals surface area contributed by atoms with Crippen LogP contribution < -0.4 is 20.7 Å². The standard InChI is InChI=1S/C18H27N3O5/c1-18(2,3)26-17(24)21-12-15(22)19-9-6-10-20-16(23)13-7-5-8-14(11-13)25-4/h5,7-8,11H,6,9-10,12H2,1-4H3,(H,19,22)(H,20,23)(H,21,24). The maximum atomic E-state index is 12.0. The zero-order valence-electron chi connectivity index (χ0n) is 15.7. The van der Waals surface area contributed by atoms with E-state index >= 15 is 0 Å². The molecule has 0 spiro atoms. The normalized spacial score (nSPS) is 10.6. The second kappa shape index (κ2) is 10.3. The Morgan fingerprint density at radius 1 is 1.04 bits per heavy atom. The summed E-state index contributed by atoms with van der Waals surface area (Å²) in [5, 5.41) is 7.79. The lowest BCUT2D eigenvalue weighted by Gasteiger charge is -2.19. The molecule has 144 valence electrons. The average Bonchev–Trinajstić information content (AvgIpc) is 2.58. The fraction of sp³-hybridized carbons (Fsp3) is 0.500. The minimum Gasteiger partial charge on any atom is -0.497 e. The molecule has 1 aromatic rings. The third kappa shape index (κ3) is 8.91. The van der Waals surface area contributed by atoms with Gasteiger partial charge in [0, 0.05) is 18.7 Å². The van der Waals surface area contributed by atoms with Gasteiger partial charge in [-0.15, -0.1) is 0 Å². The van der Waals surface area contributed by atoms with Crippen LogP contribution >= 0.6 is 0 Å². The Bertz CT molecular complexity index is 625. The largest absolute Gasteiger partial charge is 0.497 e. The van der Waals surface area contributed by atoms with Crippen molar-refractivity contribution < 1.29 is 23.9 Å². The number of carbonyl (C=O) groups excluding carboxylic acids is 3. The first-order valence-corrected chi connectivity index (χ1v) is 8.37. The molecule has 0 saturated heterocycles. The molecular weight excluding hydrogens is 338 g/mol. The van der Waals surface area contributed by atoms with Crippen molar-refractivity contribution in [3.63, 3.8) is 0 Å². The number of carbonyl (C=O) groups is 3. The lowest BCUT2D eigenvalue weighted by molar-refractivity contribution is -0.120. The van der Waals surface area contributed by atoms with Gasteiger partial charge in [-0.2, -0.15) is 0 Å². The van der Waals surface area contributed by atoms with E-state index in [0.717, 1.165) is 0 Å². The van der Waals surface area contributed by atoms with E-state index in [2.05, 4.69) is 16.0 Å². The summed E-state index contributed by atoms with van der Waals surface area (Å²) in [5.74, 6) is 0.0826. The van der Waals surface area contributed by atoms with Crippen molar-refractivity contribution in [2.24, 2.45) is 0 Å². The second-order valence-corrected chi connectivity index (χ2v) is 6.55. The van der Waals surface area contributed by atoms with Crippen molar-refractivity contribution in [3.8, 4) is 5.75 Å². The van der Waals surface area contributed by atoms with Gasteiger partial charge in [0.25, 0.3) is 5.91 Å². The molecule has 0 aliphatic carbocycles. The van der Waals surface area contributed by atoms with E-state index in [0.29, 0.717) is 30.8 Å². The van der Waals surface area contributed by atoms with Crippen LogP contribution in [0.1, 0.15) is 37.6 Å². The Morgan fingerprint density at radius 2 is 1.73 bits per heavy atom. The van der Waals surface area contributed by atoms with Crippen LogP contribution in [0, 0.1) is 0 Å². The Morgan fingerprint density at radius 3 is 2.38 bits per heavy atom. The van der Waals surface area contributed by atoms with Gasteiger partial charge in [0.2, 0.25) is 5.91 Å². The van der Waals surface area contributed by atoms with Crippen LogP contribution in [0.5, 0.6) is 5.75 Å². The molecule has 0 aliphatic heterocycles. The summed E-state index contributed by atoms with van der Waals surface area (Å²) in [5.41, 5.74) is -0.100. The quantitative estimate of drug-likeness (QED) is 0.605. The first-order valence-electron chi connectivity index (χ1n) is 8.37. The van der Waals surface area contributed by atoms with Crippen molar-refractivity contribution in [1.29, 1.82) is 0 Å². The highest BCUT2D eigenvalue weighted by atomic mass is 16.6. The van der Waals surface area contributed by atoms with Crippen LogP contribution in [0.2, 0.25) is 0 Å². The van der Waals surface area contributed by atoms with Crippen LogP contribution in [0.3, 0.4) is 0 Å². The SMILES string of the molecule is COc1cccc(C(=O)NCCCNC(=O)CNC(=O)OC(C)(C)C)c1. The molecule has 1 rings (SSSR count). The first-order chi connectivity index (χ1) is 12.2. The summed E-state index contributed by atoms with van der Waals surface area (Å²) >= 11 is 0. The molecule has 0 aromatic heterocycles. The van der Waals surface area contributed by atoms with Gasteiger partial charge in [0.05, 0.1) is 13.7 Å². The van der Waals surface area contributed by atoms with Gasteiger partial charge in [-0.05, 0) is 45.4 Å². The summed E-state index contributed by atoms with van der Waals surface area (Å²) < 4.78 is 10.1. The molecule has 3 N–H and O–H groups in total. The summed E-state index contributed by atoms with van der Waals surface area (Å²) in [6.45, 7) is 5.86. The molecule has 0 atom stereocenters. The Hall–Kier alpha value is -2.77. The Labute approximate surface area is 153 Å². The molecular formula is C18H27N3O5. The van der Waals surface area contributed by atoms with E-state index < -0.39 is 11.7 Å². The van der Waals surface area contributed by atoms with E-state index in [1.807, 2.05) is 0 Å². The van der Waals surface area contributed by atoms with Crippen LogP contribution in [-0.2, 0) is 9.53 Å². The van der Waals surface area contributed by atoms with E-state index in [-0.39, 0.29) is 18.4 Å². The Kier molecular flexibility index (Phi) is 8.41. The van der Waals surface area contributed by atoms with Crippen LogP contribution in [0.15, 0.2) is 24.3 Å². The number of hydrogen-bond acceptors (Lipinski definition) is 5. The number of methoxy groups -OCH3 is 1. The minimum atomic E-state index is -0.641. The zero-order chi connectivity index (χ0) is 19.6. The fourth-order valence-corrected chi connectivity index (χ4v) is 1.91. The monoisotopic (exact) mass is 365 g/mol. The third-order valence-electron chi connectivity index (χ3n) is 3.09. The highest BCUT2D eigenvalue weighted by Gasteiger charge is 2.16. The molecule has 0 aliphatic rings. The summed E-state index contributed by atoms with van der Waals surface area (Å²) in [6.07, 6.45) is -0.0772. The van der Waals surface area contributed by atoms with Gasteiger partial charge < -0.3 is 25.4 Å². The third-order valence-corrected chi connectivity index (χ3v) is 3.09. The summed E-state index contributed by atoms with van der Waals surface area (Å²) in [7, 11) is 1.54. The molecule has 0 saturated carbocycles. The fourth-order valence-electron chi connectivity index (χ4n) is 1.91. The predicted molar refractivity (Wildman–Crippen MR) is 97.2 cm³/mol. The summed E-state index contributed by atoms with van der Waals surface area (Å²) in [6, 6.07) is 6.85. The number of amides is 3. The van der Waals surface area contributed by atoms with Gasteiger partial charge in [-0.25, -0.2) is 4.79 Å². The van der Waals surface area contributed by atoms with Gasteiger partial charge in [0.1, 0.15) is 11.4 Å². The van der Waals surface area contributed by atoms with E-state index in [9.17, 15) is 14.4 Å². The van der Waals surface area contributed by atoms with Crippen molar-refractivity contribution in [3.05, 3.63) is 29.8 Å². The lowest BCUT2D eigenvalue weighted by atomic mass is 10.2. The Balaban J connectivity index is 2.17. The van der Waals surface area contributed by atoms with E-state index in [1.54, 1.807) is 45.0 Å². The molecule has 26 heavy (non-hydrogen) atoms. The molecule has 0 fully saturated rings. The van der Waals surface area contributed by atoms with Gasteiger partial charge >= 0.3 is 6.09 Å². The van der Waals surface area contributed by atoms with Gasteiger partial charge in [-0.1, -0.05) is 6.07 Å². The van der Waals surface area contributed by atoms with Crippen molar-refractivity contribution in [1.82, 2.24) is 16.0 Å². The number of ether oxygens (including phenoxy) is 2. The lowest BCUT2D eigenvalue weighted by Crippen LogP contribution is -2.40. The first kappa shape index (κ1) is 21.3. The van der Waals surface area contributed by atoms with E-state index in [1.165, 1.54) is 7.11 Å². The number of benzene rings is 1. The predicted octanol–water partition coefficient (Wildman–Crippen LogP) is 1.46. The van der Waals surface area contributed by atoms with Crippen LogP contribution in [0.4, 0.5) is 4.79 Å². The molecule has 8 heteroatoms. The van der Waals surface area contributed by atoms with Gasteiger partial charge in [0.15, 0.2) is 0 Å².